The van der Waals surface area contributed by atoms with Crippen LogP contribution in [0.3, 0.4) is 0 Å². The third-order valence-corrected chi connectivity index (χ3v) is 4.49. The van der Waals surface area contributed by atoms with Gasteiger partial charge in [-0.3, -0.25) is 9.88 Å². The molecule has 1 aromatic heterocycles. The van der Waals surface area contributed by atoms with Crippen LogP contribution in [0.2, 0.25) is 0 Å². The molecule has 2 aliphatic rings. The fourth-order valence-electron chi connectivity index (χ4n) is 3.52. The molecule has 0 N–H and O–H groups in total. The summed E-state index contributed by atoms with van der Waals surface area (Å²) in [6.45, 7) is 5.37. The molecule has 2 atom stereocenters. The van der Waals surface area contributed by atoms with Crippen LogP contribution < -0.4 is 0 Å². The van der Waals surface area contributed by atoms with E-state index in [0.29, 0.717) is 6.10 Å². The van der Waals surface area contributed by atoms with Crippen LogP contribution in [0, 0.1) is 0 Å². The molecule has 3 rings (SSSR count). The predicted molar refractivity (Wildman–Crippen MR) is 85.7 cm³/mol. The highest BCUT2D eigenvalue weighted by atomic mass is 16.6. The van der Waals surface area contributed by atoms with E-state index in [-0.39, 0.29) is 5.60 Å². The molecule has 3 heterocycles. The van der Waals surface area contributed by atoms with Crippen LogP contribution in [-0.2, 0) is 16.0 Å². The Kier molecular flexibility index (Phi) is 5.08. The van der Waals surface area contributed by atoms with Crippen molar-refractivity contribution in [2.75, 3.05) is 46.9 Å². The van der Waals surface area contributed by atoms with Crippen molar-refractivity contribution in [1.29, 1.82) is 0 Å². The molecule has 1 spiro atoms. The van der Waals surface area contributed by atoms with Gasteiger partial charge in [-0.1, -0.05) is 0 Å². The van der Waals surface area contributed by atoms with Crippen molar-refractivity contribution in [3.63, 3.8) is 0 Å². The van der Waals surface area contributed by atoms with Gasteiger partial charge in [0, 0.05) is 38.6 Å². The highest BCUT2D eigenvalue weighted by molar-refractivity contribution is 5.10. The molecule has 0 aliphatic carbocycles. The van der Waals surface area contributed by atoms with Gasteiger partial charge in [0.25, 0.3) is 0 Å². The fraction of sp³-hybridized carbons (Fsp3) is 0.706. The van der Waals surface area contributed by atoms with Crippen molar-refractivity contribution >= 4 is 0 Å². The largest absolute Gasteiger partial charge is 0.377 e. The number of hydrogen-bond acceptors (Lipinski definition) is 5. The summed E-state index contributed by atoms with van der Waals surface area (Å²) in [7, 11) is 4.21. The SMILES string of the molecule is CN(C)C[C@@H]1CC[C@]2(COCCN(Cc3ccncc3)C2)O1. The second-order valence-corrected chi connectivity index (χ2v) is 6.84. The molecule has 0 aromatic carbocycles. The molecule has 5 heteroatoms. The summed E-state index contributed by atoms with van der Waals surface area (Å²) in [5.74, 6) is 0. The van der Waals surface area contributed by atoms with Crippen molar-refractivity contribution < 1.29 is 9.47 Å². The van der Waals surface area contributed by atoms with Gasteiger partial charge in [0.15, 0.2) is 0 Å². The molecule has 5 nitrogen and oxygen atoms in total. The summed E-state index contributed by atoms with van der Waals surface area (Å²) in [5.41, 5.74) is 1.18. The third kappa shape index (κ3) is 4.04. The van der Waals surface area contributed by atoms with Crippen LogP contribution in [0.15, 0.2) is 24.5 Å². The van der Waals surface area contributed by atoms with Gasteiger partial charge in [0.05, 0.1) is 19.3 Å². The molecular weight excluding hydrogens is 278 g/mol. The highest BCUT2D eigenvalue weighted by Gasteiger charge is 2.43. The van der Waals surface area contributed by atoms with E-state index in [4.69, 9.17) is 9.47 Å². The van der Waals surface area contributed by atoms with Crippen molar-refractivity contribution in [1.82, 2.24) is 14.8 Å². The van der Waals surface area contributed by atoms with E-state index in [9.17, 15) is 0 Å². The number of pyridine rings is 1. The van der Waals surface area contributed by atoms with Crippen LogP contribution in [0.1, 0.15) is 18.4 Å². The average molecular weight is 305 g/mol. The Morgan fingerprint density at radius 3 is 2.95 bits per heavy atom. The lowest BCUT2D eigenvalue weighted by Gasteiger charge is -2.32. The second kappa shape index (κ2) is 7.04. The van der Waals surface area contributed by atoms with Crippen molar-refractivity contribution in [2.45, 2.75) is 31.1 Å². The van der Waals surface area contributed by atoms with E-state index in [2.05, 4.69) is 41.0 Å². The average Bonchev–Trinajstić information content (AvgIpc) is 2.75. The second-order valence-electron chi connectivity index (χ2n) is 6.84. The zero-order chi connectivity index (χ0) is 15.4. The Morgan fingerprint density at radius 1 is 1.36 bits per heavy atom. The molecule has 2 saturated heterocycles. The van der Waals surface area contributed by atoms with Gasteiger partial charge in [0.1, 0.15) is 5.60 Å². The number of rotatable bonds is 4. The first-order valence-electron chi connectivity index (χ1n) is 8.17. The minimum Gasteiger partial charge on any atom is -0.377 e. The number of likely N-dealkylation sites (N-methyl/N-ethyl adjacent to an activating group) is 1. The Hall–Kier alpha value is -1.01. The minimum absolute atomic E-state index is 0.121. The van der Waals surface area contributed by atoms with E-state index >= 15 is 0 Å². The number of aromatic nitrogens is 1. The van der Waals surface area contributed by atoms with Crippen LogP contribution in [0.4, 0.5) is 0 Å². The van der Waals surface area contributed by atoms with Crippen LogP contribution in [0.25, 0.3) is 0 Å². The molecule has 0 bridgehead atoms. The van der Waals surface area contributed by atoms with Crippen molar-refractivity contribution in [2.24, 2.45) is 0 Å². The molecule has 0 unspecified atom stereocenters. The quantitative estimate of drug-likeness (QED) is 0.840. The first kappa shape index (κ1) is 15.9. The number of ether oxygens (including phenoxy) is 2. The van der Waals surface area contributed by atoms with Gasteiger partial charge in [-0.05, 0) is 44.6 Å². The molecule has 0 saturated carbocycles. The lowest BCUT2D eigenvalue weighted by Crippen LogP contribution is -2.45. The number of nitrogens with zero attached hydrogens (tertiary/aromatic N) is 3. The Labute approximate surface area is 133 Å². The first-order valence-corrected chi connectivity index (χ1v) is 8.17. The van der Waals surface area contributed by atoms with Gasteiger partial charge >= 0.3 is 0 Å². The minimum atomic E-state index is -0.121. The maximum Gasteiger partial charge on any atom is 0.105 e. The van der Waals surface area contributed by atoms with Gasteiger partial charge < -0.3 is 14.4 Å². The predicted octanol–water partition coefficient (Wildman–Crippen LogP) is 1.39. The smallest absolute Gasteiger partial charge is 0.105 e. The Bertz CT molecular complexity index is 468. The van der Waals surface area contributed by atoms with E-state index in [1.54, 1.807) is 0 Å². The van der Waals surface area contributed by atoms with Gasteiger partial charge in [-0.2, -0.15) is 0 Å². The monoisotopic (exact) mass is 305 g/mol. The summed E-state index contributed by atoms with van der Waals surface area (Å²) in [6.07, 6.45) is 6.28. The summed E-state index contributed by atoms with van der Waals surface area (Å²) >= 11 is 0. The van der Waals surface area contributed by atoms with E-state index in [1.807, 2.05) is 12.4 Å². The summed E-state index contributed by atoms with van der Waals surface area (Å²) in [4.78, 5) is 8.76. The lowest BCUT2D eigenvalue weighted by molar-refractivity contribution is -0.0902. The third-order valence-electron chi connectivity index (χ3n) is 4.49. The van der Waals surface area contributed by atoms with Crippen molar-refractivity contribution in [3.8, 4) is 0 Å². The van der Waals surface area contributed by atoms with Gasteiger partial charge in [-0.15, -0.1) is 0 Å². The molecule has 122 valence electrons. The normalized spacial score (nSPS) is 30.0. The molecular formula is C17H27N3O2. The molecule has 1 aromatic rings. The number of hydrogen-bond donors (Lipinski definition) is 0. The fourth-order valence-corrected chi connectivity index (χ4v) is 3.52. The molecule has 2 fully saturated rings. The summed E-state index contributed by atoms with van der Waals surface area (Å²) < 4.78 is 12.3. The summed E-state index contributed by atoms with van der Waals surface area (Å²) in [6, 6.07) is 4.17. The van der Waals surface area contributed by atoms with Crippen molar-refractivity contribution in [3.05, 3.63) is 30.1 Å². The zero-order valence-corrected chi connectivity index (χ0v) is 13.7. The summed E-state index contributed by atoms with van der Waals surface area (Å²) in [5, 5.41) is 0. The lowest BCUT2D eigenvalue weighted by atomic mass is 10.00. The van der Waals surface area contributed by atoms with Gasteiger partial charge in [-0.25, -0.2) is 0 Å². The van der Waals surface area contributed by atoms with E-state index in [1.165, 1.54) is 5.56 Å². The molecule has 22 heavy (non-hydrogen) atoms. The highest BCUT2D eigenvalue weighted by Crippen LogP contribution is 2.33. The van der Waals surface area contributed by atoms with Gasteiger partial charge in [0.2, 0.25) is 0 Å². The van der Waals surface area contributed by atoms with Crippen LogP contribution in [0.5, 0.6) is 0 Å². The van der Waals surface area contributed by atoms with Crippen LogP contribution >= 0.6 is 0 Å². The maximum absolute atomic E-state index is 6.43. The topological polar surface area (TPSA) is 37.8 Å². The maximum atomic E-state index is 6.43. The molecule has 2 aliphatic heterocycles. The molecule has 0 amide bonds. The van der Waals surface area contributed by atoms with E-state index in [0.717, 1.165) is 52.2 Å². The Balaban J connectivity index is 1.63. The zero-order valence-electron chi connectivity index (χ0n) is 13.7. The molecule has 0 radical (unpaired) electrons. The Morgan fingerprint density at radius 2 is 2.18 bits per heavy atom. The van der Waals surface area contributed by atoms with E-state index < -0.39 is 0 Å². The first-order chi connectivity index (χ1) is 10.7. The van der Waals surface area contributed by atoms with Crippen LogP contribution in [-0.4, -0.2) is 73.4 Å². The standard InChI is InChI=1S/C17H27N3O2/c1-19(2)12-16-3-6-17(22-16)13-20(9-10-21-14-17)11-15-4-7-18-8-5-15/h4-5,7-8,16H,3,6,9-14H2,1-2H3/t16-,17-/m0/s1.